The predicted octanol–water partition coefficient (Wildman–Crippen LogP) is 0.454. The quantitative estimate of drug-likeness (QED) is 0.754. The zero-order chi connectivity index (χ0) is 11.5. The SMILES string of the molecule is O=C(Cn1cncc(I)c1=O)C1CCOC1. The molecule has 0 bridgehead atoms. The first-order valence-corrected chi connectivity index (χ1v) is 6.07. The van der Waals surface area contributed by atoms with E-state index in [0.717, 1.165) is 6.42 Å². The van der Waals surface area contributed by atoms with Gasteiger partial charge in [0.15, 0.2) is 5.78 Å². The molecule has 1 unspecified atom stereocenters. The summed E-state index contributed by atoms with van der Waals surface area (Å²) < 4.78 is 7.02. The van der Waals surface area contributed by atoms with Gasteiger partial charge in [0.2, 0.25) is 0 Å². The van der Waals surface area contributed by atoms with Crippen molar-refractivity contribution in [1.82, 2.24) is 9.55 Å². The third-order valence-corrected chi connectivity index (χ3v) is 3.31. The predicted molar refractivity (Wildman–Crippen MR) is 65.1 cm³/mol. The van der Waals surface area contributed by atoms with Gasteiger partial charge in [-0.25, -0.2) is 4.98 Å². The summed E-state index contributed by atoms with van der Waals surface area (Å²) in [5.74, 6) is -0.0202. The molecule has 2 heterocycles. The summed E-state index contributed by atoms with van der Waals surface area (Å²) in [5, 5.41) is 0. The summed E-state index contributed by atoms with van der Waals surface area (Å²) in [4.78, 5) is 27.4. The number of hydrogen-bond acceptors (Lipinski definition) is 4. The molecule has 0 saturated carbocycles. The van der Waals surface area contributed by atoms with Crippen LogP contribution in [-0.2, 0) is 16.1 Å². The molecular formula is C10H11IN2O3. The van der Waals surface area contributed by atoms with Crippen LogP contribution >= 0.6 is 22.6 Å². The molecule has 0 aromatic carbocycles. The van der Waals surface area contributed by atoms with Gasteiger partial charge in [-0.3, -0.25) is 14.2 Å². The number of halogens is 1. The van der Waals surface area contributed by atoms with Crippen LogP contribution in [0.3, 0.4) is 0 Å². The van der Waals surface area contributed by atoms with E-state index in [4.69, 9.17) is 4.74 Å². The van der Waals surface area contributed by atoms with Gasteiger partial charge in [-0.15, -0.1) is 0 Å². The third-order valence-electron chi connectivity index (χ3n) is 2.57. The molecule has 0 spiro atoms. The van der Waals surface area contributed by atoms with E-state index in [1.165, 1.54) is 17.1 Å². The molecule has 1 aliphatic heterocycles. The average molecular weight is 334 g/mol. The van der Waals surface area contributed by atoms with Crippen LogP contribution in [0.15, 0.2) is 17.3 Å². The number of hydrogen-bond donors (Lipinski definition) is 0. The van der Waals surface area contributed by atoms with Gasteiger partial charge >= 0.3 is 0 Å². The molecule has 1 aliphatic rings. The fourth-order valence-corrected chi connectivity index (χ4v) is 2.09. The van der Waals surface area contributed by atoms with Crippen LogP contribution < -0.4 is 5.56 Å². The molecule has 5 nitrogen and oxygen atoms in total. The molecule has 2 rings (SSSR count). The van der Waals surface area contributed by atoms with Gasteiger partial charge in [-0.1, -0.05) is 0 Å². The second-order valence-electron chi connectivity index (χ2n) is 3.70. The Morgan fingerprint density at radius 1 is 1.69 bits per heavy atom. The van der Waals surface area contributed by atoms with Gasteiger partial charge in [-0.05, 0) is 29.0 Å². The molecule has 1 aromatic heterocycles. The van der Waals surface area contributed by atoms with Crippen LogP contribution in [-0.4, -0.2) is 28.5 Å². The van der Waals surface area contributed by atoms with Crippen molar-refractivity contribution in [1.29, 1.82) is 0 Å². The van der Waals surface area contributed by atoms with Gasteiger partial charge in [-0.2, -0.15) is 0 Å². The Morgan fingerprint density at radius 3 is 3.19 bits per heavy atom. The lowest BCUT2D eigenvalue weighted by atomic mass is 10.0. The molecule has 1 atom stereocenters. The maximum atomic E-state index is 11.8. The van der Waals surface area contributed by atoms with Crippen molar-refractivity contribution in [2.75, 3.05) is 13.2 Å². The Bertz CT molecular complexity index is 452. The van der Waals surface area contributed by atoms with Gasteiger partial charge in [0.25, 0.3) is 5.56 Å². The molecular weight excluding hydrogens is 323 g/mol. The molecule has 16 heavy (non-hydrogen) atoms. The Hall–Kier alpha value is -0.760. The van der Waals surface area contributed by atoms with Gasteiger partial charge in [0.05, 0.1) is 23.0 Å². The summed E-state index contributed by atoms with van der Waals surface area (Å²) in [6.45, 7) is 1.21. The molecule has 0 radical (unpaired) electrons. The maximum absolute atomic E-state index is 11.8. The molecule has 1 aromatic rings. The van der Waals surface area contributed by atoms with Crippen molar-refractivity contribution in [2.24, 2.45) is 5.92 Å². The minimum absolute atomic E-state index is 0.0448. The fourth-order valence-electron chi connectivity index (χ4n) is 1.62. The third kappa shape index (κ3) is 2.49. The second kappa shape index (κ2) is 5.05. The van der Waals surface area contributed by atoms with Crippen molar-refractivity contribution in [3.8, 4) is 0 Å². The monoisotopic (exact) mass is 334 g/mol. The minimum Gasteiger partial charge on any atom is -0.381 e. The van der Waals surface area contributed by atoms with Crippen LogP contribution in [0.4, 0.5) is 0 Å². The number of aromatic nitrogens is 2. The smallest absolute Gasteiger partial charge is 0.267 e. The summed E-state index contributed by atoms with van der Waals surface area (Å²) in [7, 11) is 0. The molecule has 86 valence electrons. The highest BCUT2D eigenvalue weighted by molar-refractivity contribution is 14.1. The Morgan fingerprint density at radius 2 is 2.50 bits per heavy atom. The van der Waals surface area contributed by atoms with E-state index in [2.05, 4.69) is 4.98 Å². The lowest BCUT2D eigenvalue weighted by Crippen LogP contribution is -2.29. The number of rotatable bonds is 3. The van der Waals surface area contributed by atoms with Crippen molar-refractivity contribution in [2.45, 2.75) is 13.0 Å². The molecule has 1 saturated heterocycles. The molecule has 0 aliphatic carbocycles. The van der Waals surface area contributed by atoms with E-state index in [9.17, 15) is 9.59 Å². The molecule has 0 N–H and O–H groups in total. The Kier molecular flexibility index (Phi) is 3.70. The van der Waals surface area contributed by atoms with E-state index < -0.39 is 0 Å². The number of ketones is 1. The van der Waals surface area contributed by atoms with E-state index >= 15 is 0 Å². The zero-order valence-electron chi connectivity index (χ0n) is 8.56. The maximum Gasteiger partial charge on any atom is 0.267 e. The zero-order valence-corrected chi connectivity index (χ0v) is 10.7. The Labute approximate surface area is 106 Å². The normalized spacial score (nSPS) is 19.9. The summed E-state index contributed by atoms with van der Waals surface area (Å²) in [6.07, 6.45) is 3.64. The fraction of sp³-hybridized carbons (Fsp3) is 0.500. The second-order valence-corrected chi connectivity index (χ2v) is 4.86. The topological polar surface area (TPSA) is 61.2 Å². The molecule has 6 heteroatoms. The highest BCUT2D eigenvalue weighted by Gasteiger charge is 2.23. The van der Waals surface area contributed by atoms with Gasteiger partial charge < -0.3 is 4.74 Å². The molecule has 0 amide bonds. The van der Waals surface area contributed by atoms with Crippen molar-refractivity contribution < 1.29 is 9.53 Å². The first-order chi connectivity index (χ1) is 7.68. The lowest BCUT2D eigenvalue weighted by molar-refractivity contribution is -0.123. The number of ether oxygens (including phenoxy) is 1. The number of nitrogens with zero attached hydrogens (tertiary/aromatic N) is 2. The van der Waals surface area contributed by atoms with Gasteiger partial charge in [0.1, 0.15) is 0 Å². The summed E-state index contributed by atoms with van der Waals surface area (Å²) in [6, 6.07) is 0. The largest absolute Gasteiger partial charge is 0.381 e. The molecule has 1 fully saturated rings. The van der Waals surface area contributed by atoms with Crippen molar-refractivity contribution in [3.05, 3.63) is 26.4 Å². The number of carbonyl (C=O) groups is 1. The van der Waals surface area contributed by atoms with Crippen LogP contribution in [0.2, 0.25) is 0 Å². The van der Waals surface area contributed by atoms with E-state index in [1.54, 1.807) is 0 Å². The summed E-state index contributed by atoms with van der Waals surface area (Å²) in [5.41, 5.74) is -0.164. The minimum atomic E-state index is -0.164. The number of carbonyl (C=O) groups excluding carboxylic acids is 1. The first-order valence-electron chi connectivity index (χ1n) is 4.99. The standard InChI is InChI=1S/C10H11IN2O3/c11-8-3-12-6-13(10(8)15)4-9(14)7-1-2-16-5-7/h3,6-7H,1-2,4-5H2. The van der Waals surface area contributed by atoms with Crippen LogP contribution in [0.5, 0.6) is 0 Å². The van der Waals surface area contributed by atoms with Crippen LogP contribution in [0.1, 0.15) is 6.42 Å². The number of Topliss-reactive ketones (excluding diaryl/α,β-unsaturated/α-hetero) is 1. The van der Waals surface area contributed by atoms with E-state index in [1.807, 2.05) is 22.6 Å². The Balaban J connectivity index is 2.11. The van der Waals surface area contributed by atoms with Crippen molar-refractivity contribution >= 4 is 28.4 Å². The van der Waals surface area contributed by atoms with E-state index in [-0.39, 0.29) is 23.8 Å². The summed E-state index contributed by atoms with van der Waals surface area (Å²) >= 11 is 1.91. The van der Waals surface area contributed by atoms with Crippen LogP contribution in [0.25, 0.3) is 0 Å². The average Bonchev–Trinajstić information content (AvgIpc) is 2.78. The highest BCUT2D eigenvalue weighted by Crippen LogP contribution is 2.13. The van der Waals surface area contributed by atoms with Crippen molar-refractivity contribution in [3.63, 3.8) is 0 Å². The first kappa shape index (κ1) is 11.7. The van der Waals surface area contributed by atoms with Gasteiger partial charge in [0, 0.05) is 18.7 Å². The van der Waals surface area contributed by atoms with Crippen LogP contribution in [0, 0.1) is 9.49 Å². The van der Waals surface area contributed by atoms with E-state index in [0.29, 0.717) is 16.8 Å². The lowest BCUT2D eigenvalue weighted by Gasteiger charge is -2.08. The highest BCUT2D eigenvalue weighted by atomic mass is 127.